The number of ether oxygens (including phenoxy) is 1. The Morgan fingerprint density at radius 3 is 2.48 bits per heavy atom. The number of hydrogen-bond donors (Lipinski definition) is 2. The minimum atomic E-state index is -4.73. The first-order valence-corrected chi connectivity index (χ1v) is 7.92. The van der Waals surface area contributed by atoms with Crippen LogP contribution in [0.1, 0.15) is 24.7 Å². The van der Waals surface area contributed by atoms with Crippen LogP contribution in [0.4, 0.5) is 26.3 Å². The molecule has 0 fully saturated rings. The van der Waals surface area contributed by atoms with Crippen LogP contribution in [0.3, 0.4) is 0 Å². The second-order valence-electron chi connectivity index (χ2n) is 5.94. The van der Waals surface area contributed by atoms with Crippen molar-refractivity contribution in [1.29, 1.82) is 0 Å². The Hall–Kier alpha value is -2.14. The highest BCUT2D eigenvalue weighted by Gasteiger charge is 2.46. The molecule has 0 saturated carbocycles. The van der Waals surface area contributed by atoms with E-state index in [0.29, 0.717) is 6.07 Å². The lowest BCUT2D eigenvalue weighted by molar-refractivity contribution is -0.309. The number of alkyl halides is 4. The van der Waals surface area contributed by atoms with Crippen LogP contribution in [0, 0.1) is 17.6 Å². The summed E-state index contributed by atoms with van der Waals surface area (Å²) in [4.78, 5) is 3.80. The molecule has 1 aromatic carbocycles. The third-order valence-corrected chi connectivity index (χ3v) is 4.20. The van der Waals surface area contributed by atoms with Crippen LogP contribution >= 0.6 is 0 Å². The number of halogens is 6. The van der Waals surface area contributed by atoms with Gasteiger partial charge in [0.05, 0.1) is 6.61 Å². The molecule has 1 heterocycles. The molecule has 2 unspecified atom stereocenters. The summed E-state index contributed by atoms with van der Waals surface area (Å²) >= 11 is 0. The number of nitrogens with one attached hydrogen (secondary N) is 1. The lowest BCUT2D eigenvalue weighted by Gasteiger charge is -2.36. The lowest BCUT2D eigenvalue weighted by Crippen LogP contribution is -2.43. The van der Waals surface area contributed by atoms with E-state index in [0.717, 1.165) is 18.5 Å². The molecule has 27 heavy (non-hydrogen) atoms. The molecule has 0 spiro atoms. The van der Waals surface area contributed by atoms with Gasteiger partial charge < -0.3 is 9.84 Å². The quantitative estimate of drug-likeness (QED) is 0.637. The molecule has 0 aliphatic rings. The predicted octanol–water partition coefficient (Wildman–Crippen LogP) is 3.41. The minimum absolute atomic E-state index is 0.0409. The lowest BCUT2D eigenvalue weighted by atomic mass is 9.77. The summed E-state index contributed by atoms with van der Waals surface area (Å²) < 4.78 is 82.5. The highest BCUT2D eigenvalue weighted by atomic mass is 19.3. The highest BCUT2D eigenvalue weighted by Crippen LogP contribution is 2.38. The van der Waals surface area contributed by atoms with Gasteiger partial charge >= 0.3 is 12.5 Å². The molecule has 0 amide bonds. The van der Waals surface area contributed by atoms with Crippen molar-refractivity contribution in [1.82, 2.24) is 15.2 Å². The fraction of sp³-hybridized carbons (Fsp3) is 0.500. The van der Waals surface area contributed by atoms with Gasteiger partial charge in [-0.3, -0.25) is 5.10 Å². The molecule has 11 heteroatoms. The summed E-state index contributed by atoms with van der Waals surface area (Å²) in [6.07, 6.45) is -8.15. The van der Waals surface area contributed by atoms with E-state index < -0.39 is 54.3 Å². The van der Waals surface area contributed by atoms with Crippen LogP contribution in [0.15, 0.2) is 24.5 Å². The molecule has 1 aromatic heterocycles. The molecule has 2 N–H and O–H groups in total. The number of H-pyrrole nitrogens is 1. The SMILES string of the molecule is CCC(COC(F)(F)C(F)F)C(O)(Cc1ncn[nH]1)c1ccc(F)cc1F. The second kappa shape index (κ2) is 8.26. The zero-order chi connectivity index (χ0) is 20.2. The summed E-state index contributed by atoms with van der Waals surface area (Å²) in [7, 11) is 0. The predicted molar refractivity (Wildman–Crippen MR) is 81.0 cm³/mol. The van der Waals surface area contributed by atoms with E-state index in [9.17, 15) is 31.4 Å². The van der Waals surface area contributed by atoms with E-state index in [-0.39, 0.29) is 12.2 Å². The summed E-state index contributed by atoms with van der Waals surface area (Å²) in [5.74, 6) is -3.20. The van der Waals surface area contributed by atoms with E-state index >= 15 is 0 Å². The third kappa shape index (κ3) is 4.78. The number of rotatable bonds is 9. The van der Waals surface area contributed by atoms with Crippen molar-refractivity contribution in [2.75, 3.05) is 6.61 Å². The van der Waals surface area contributed by atoms with E-state index in [1.165, 1.54) is 6.92 Å². The number of aromatic amines is 1. The number of aliphatic hydroxyl groups is 1. The maximum absolute atomic E-state index is 14.3. The minimum Gasteiger partial charge on any atom is -0.384 e. The van der Waals surface area contributed by atoms with Crippen molar-refractivity contribution >= 4 is 0 Å². The molecular weight excluding hydrogens is 380 g/mol. The standard InChI is InChI=1S/C16H17F6N3O2/c1-2-9(7-27-16(21,22)14(19)20)15(26,6-13-23-8-24-25-13)11-4-3-10(17)5-12(11)18/h3-5,8-9,14,26H,2,6-7H2,1H3,(H,23,24,25). The van der Waals surface area contributed by atoms with Crippen LogP contribution in [0.5, 0.6) is 0 Å². The van der Waals surface area contributed by atoms with E-state index in [1.54, 1.807) is 0 Å². The van der Waals surface area contributed by atoms with E-state index in [4.69, 9.17) is 0 Å². The van der Waals surface area contributed by atoms with Gasteiger partial charge in [-0.2, -0.15) is 13.9 Å². The van der Waals surface area contributed by atoms with Crippen molar-refractivity contribution in [3.63, 3.8) is 0 Å². The maximum atomic E-state index is 14.3. The molecule has 0 saturated heterocycles. The van der Waals surface area contributed by atoms with Gasteiger partial charge in [0.1, 0.15) is 29.4 Å². The molecule has 2 aromatic rings. The van der Waals surface area contributed by atoms with Crippen LogP contribution in [-0.4, -0.2) is 39.4 Å². The van der Waals surface area contributed by atoms with Crippen molar-refractivity contribution in [2.24, 2.45) is 5.92 Å². The Morgan fingerprint density at radius 1 is 1.26 bits per heavy atom. The molecule has 2 rings (SSSR count). The molecular formula is C16H17F6N3O2. The van der Waals surface area contributed by atoms with Gasteiger partial charge in [-0.15, -0.1) is 0 Å². The Labute approximate surface area is 150 Å². The van der Waals surface area contributed by atoms with Gasteiger partial charge in [-0.1, -0.05) is 13.0 Å². The summed E-state index contributed by atoms with van der Waals surface area (Å²) in [6, 6.07) is 2.35. The topological polar surface area (TPSA) is 71.0 Å². The first-order chi connectivity index (χ1) is 12.6. The van der Waals surface area contributed by atoms with Gasteiger partial charge in [0.2, 0.25) is 0 Å². The average molecular weight is 397 g/mol. The molecule has 0 aliphatic heterocycles. The van der Waals surface area contributed by atoms with Crippen molar-refractivity contribution in [2.45, 2.75) is 37.9 Å². The molecule has 0 bridgehead atoms. The largest absolute Gasteiger partial charge is 0.416 e. The van der Waals surface area contributed by atoms with Crippen molar-refractivity contribution < 1.29 is 36.2 Å². The number of aromatic nitrogens is 3. The van der Waals surface area contributed by atoms with Crippen LogP contribution < -0.4 is 0 Å². The third-order valence-electron chi connectivity index (χ3n) is 4.20. The summed E-state index contributed by atoms with van der Waals surface area (Å²) in [5.41, 5.74) is -2.61. The fourth-order valence-electron chi connectivity index (χ4n) is 2.74. The smallest absolute Gasteiger partial charge is 0.384 e. The van der Waals surface area contributed by atoms with E-state index in [2.05, 4.69) is 19.9 Å². The normalized spacial score (nSPS) is 15.7. The van der Waals surface area contributed by atoms with Gasteiger partial charge in [0, 0.05) is 24.0 Å². The van der Waals surface area contributed by atoms with E-state index in [1.807, 2.05) is 0 Å². The van der Waals surface area contributed by atoms with Crippen LogP contribution in [0.2, 0.25) is 0 Å². The monoisotopic (exact) mass is 397 g/mol. The average Bonchev–Trinajstić information content (AvgIpc) is 3.07. The Bertz CT molecular complexity index is 744. The van der Waals surface area contributed by atoms with Gasteiger partial charge in [-0.25, -0.2) is 22.5 Å². The van der Waals surface area contributed by atoms with Crippen LogP contribution in [0.25, 0.3) is 0 Å². The molecule has 150 valence electrons. The first kappa shape index (κ1) is 21.2. The molecule has 0 radical (unpaired) electrons. The van der Waals surface area contributed by atoms with Gasteiger partial charge in [0.15, 0.2) is 0 Å². The zero-order valence-corrected chi connectivity index (χ0v) is 14.1. The summed E-state index contributed by atoms with van der Waals surface area (Å²) in [6.45, 7) is 0.469. The Morgan fingerprint density at radius 2 is 1.96 bits per heavy atom. The summed E-state index contributed by atoms with van der Waals surface area (Å²) in [5, 5.41) is 17.2. The molecule has 5 nitrogen and oxygen atoms in total. The van der Waals surface area contributed by atoms with Crippen molar-refractivity contribution in [3.05, 3.63) is 47.5 Å². The first-order valence-electron chi connectivity index (χ1n) is 7.92. The Balaban J connectivity index is 2.40. The number of hydrogen-bond acceptors (Lipinski definition) is 4. The highest BCUT2D eigenvalue weighted by molar-refractivity contribution is 5.27. The second-order valence-corrected chi connectivity index (χ2v) is 5.94. The fourth-order valence-corrected chi connectivity index (χ4v) is 2.74. The van der Waals surface area contributed by atoms with Gasteiger partial charge in [0.25, 0.3) is 0 Å². The molecule has 2 atom stereocenters. The Kier molecular flexibility index (Phi) is 6.47. The number of nitrogens with zero attached hydrogens (tertiary/aromatic N) is 2. The zero-order valence-electron chi connectivity index (χ0n) is 14.1. The van der Waals surface area contributed by atoms with Crippen LogP contribution in [-0.2, 0) is 16.8 Å². The maximum Gasteiger partial charge on any atom is 0.416 e. The number of benzene rings is 1. The van der Waals surface area contributed by atoms with Gasteiger partial charge in [-0.05, 0) is 12.5 Å². The van der Waals surface area contributed by atoms with Crippen molar-refractivity contribution in [3.8, 4) is 0 Å². The molecule has 0 aliphatic carbocycles.